The normalized spacial score (nSPS) is 16.3. The first-order valence-corrected chi connectivity index (χ1v) is 9.92. The Labute approximate surface area is 186 Å². The number of esters is 1. The number of aliphatic hydroxyl groups excluding tert-OH is 2. The lowest BCUT2D eigenvalue weighted by atomic mass is 10.2. The summed E-state index contributed by atoms with van der Waals surface area (Å²) in [6, 6.07) is 0. The Balaban J connectivity index is -0.000000822. The maximum Gasteiger partial charge on any atom is 0.352 e. The van der Waals surface area contributed by atoms with Gasteiger partial charge in [0.05, 0.1) is 12.1 Å². The molecule has 188 valence electrons. The van der Waals surface area contributed by atoms with Gasteiger partial charge in [0.25, 0.3) is 5.56 Å². The van der Waals surface area contributed by atoms with E-state index in [1.165, 1.54) is 6.42 Å². The standard InChI is InChI=1S/C12H15N3O8.C3H8.C2H6.2CH4O/c13-3-9(17)23-12(20,21)7-1-2-8(22-7)15-4-6(5-16)10(18)14-11(15)19;1-3-2;3*1-2/h4-5,7-8,20-21H,1-3,13H2,(H,14,18,19);3H2,1-2H3;1-2H3;2*2H,1H3. The number of nitrogens with zero attached hydrogens (tertiary/aromatic N) is 1. The highest BCUT2D eigenvalue weighted by Crippen LogP contribution is 2.32. The number of carbonyl (C=O) groups is 2. The summed E-state index contributed by atoms with van der Waals surface area (Å²) in [5.74, 6) is -3.96. The third-order valence-electron chi connectivity index (χ3n) is 3.28. The number of aliphatic hydroxyl groups is 4. The maximum absolute atomic E-state index is 11.8. The molecular weight excluding hydrogens is 430 g/mol. The smallest absolute Gasteiger partial charge is 0.352 e. The van der Waals surface area contributed by atoms with E-state index in [0.717, 1.165) is 25.0 Å². The number of nitrogens with two attached hydrogens (primary N) is 1. The van der Waals surface area contributed by atoms with Crippen LogP contribution < -0.4 is 17.0 Å². The molecule has 13 heteroatoms. The zero-order valence-corrected chi connectivity index (χ0v) is 19.4. The largest absolute Gasteiger partial charge is 0.405 e. The Hall–Kier alpha value is -2.42. The summed E-state index contributed by atoms with van der Waals surface area (Å²) in [6.45, 7) is 7.70. The molecule has 0 spiro atoms. The molecule has 0 saturated carbocycles. The van der Waals surface area contributed by atoms with E-state index in [-0.39, 0.29) is 24.7 Å². The second kappa shape index (κ2) is 19.3. The summed E-state index contributed by atoms with van der Waals surface area (Å²) in [5, 5.41) is 33.5. The first-order valence-electron chi connectivity index (χ1n) is 9.92. The van der Waals surface area contributed by atoms with Gasteiger partial charge in [-0.1, -0.05) is 34.1 Å². The molecule has 0 amide bonds. The third-order valence-corrected chi connectivity index (χ3v) is 3.28. The van der Waals surface area contributed by atoms with Crippen molar-refractivity contribution in [3.05, 3.63) is 32.6 Å². The van der Waals surface area contributed by atoms with Crippen LogP contribution >= 0.6 is 0 Å². The summed E-state index contributed by atoms with van der Waals surface area (Å²) in [6.07, 6.45) is 0.408. The zero-order chi connectivity index (χ0) is 25.9. The van der Waals surface area contributed by atoms with Gasteiger partial charge >= 0.3 is 17.6 Å². The minimum atomic E-state index is -2.91. The molecule has 0 radical (unpaired) electrons. The minimum Gasteiger partial charge on any atom is -0.405 e. The number of H-pyrrole nitrogens is 1. The van der Waals surface area contributed by atoms with E-state index in [1.807, 2.05) is 18.8 Å². The SMILES string of the molecule is CC.CCC.CO.CO.NCC(=O)OC(O)(O)C1CCC(n2cc(C=O)c(=O)[nH]c2=O)O1. The second-order valence-electron chi connectivity index (χ2n) is 5.57. The van der Waals surface area contributed by atoms with Crippen molar-refractivity contribution in [3.63, 3.8) is 0 Å². The number of aromatic amines is 1. The van der Waals surface area contributed by atoms with Gasteiger partial charge in [-0.2, -0.15) is 0 Å². The molecule has 1 aromatic rings. The lowest BCUT2D eigenvalue weighted by Crippen LogP contribution is -2.47. The summed E-state index contributed by atoms with van der Waals surface area (Å²) in [5.41, 5.74) is 3.06. The molecule has 32 heavy (non-hydrogen) atoms. The number of nitrogens with one attached hydrogen (secondary N) is 1. The van der Waals surface area contributed by atoms with Crippen LogP contribution in [0.1, 0.15) is 63.5 Å². The predicted molar refractivity (Wildman–Crippen MR) is 116 cm³/mol. The van der Waals surface area contributed by atoms with Gasteiger partial charge in [0.15, 0.2) is 12.4 Å². The summed E-state index contributed by atoms with van der Waals surface area (Å²) >= 11 is 0. The highest BCUT2D eigenvalue weighted by atomic mass is 16.8. The van der Waals surface area contributed by atoms with Crippen LogP contribution in [0.25, 0.3) is 0 Å². The number of hydrogen-bond donors (Lipinski definition) is 6. The van der Waals surface area contributed by atoms with Crippen LogP contribution in [0.4, 0.5) is 0 Å². The van der Waals surface area contributed by atoms with Crippen molar-refractivity contribution in [2.45, 2.75) is 65.3 Å². The molecule has 1 saturated heterocycles. The molecule has 0 aliphatic carbocycles. The Kier molecular flexibility index (Phi) is 20.6. The molecule has 1 aliphatic heterocycles. The van der Waals surface area contributed by atoms with E-state index in [0.29, 0.717) is 0 Å². The van der Waals surface area contributed by atoms with E-state index in [2.05, 4.69) is 18.6 Å². The van der Waals surface area contributed by atoms with Gasteiger partial charge in [0, 0.05) is 20.4 Å². The second-order valence-corrected chi connectivity index (χ2v) is 5.57. The molecular formula is C19H37N3O10. The van der Waals surface area contributed by atoms with E-state index >= 15 is 0 Å². The van der Waals surface area contributed by atoms with Crippen molar-refractivity contribution in [1.29, 1.82) is 0 Å². The average molecular weight is 468 g/mol. The zero-order valence-electron chi connectivity index (χ0n) is 19.4. The van der Waals surface area contributed by atoms with Gasteiger partial charge in [-0.05, 0) is 12.8 Å². The molecule has 7 N–H and O–H groups in total. The molecule has 13 nitrogen and oxygen atoms in total. The lowest BCUT2D eigenvalue weighted by Gasteiger charge is -2.27. The fourth-order valence-corrected chi connectivity index (χ4v) is 2.17. The molecule has 2 rings (SSSR count). The molecule has 2 atom stereocenters. The van der Waals surface area contributed by atoms with Crippen LogP contribution in [0.3, 0.4) is 0 Å². The molecule has 0 bridgehead atoms. The summed E-state index contributed by atoms with van der Waals surface area (Å²) in [7, 11) is 2.00. The van der Waals surface area contributed by atoms with Crippen molar-refractivity contribution >= 4 is 12.3 Å². The van der Waals surface area contributed by atoms with Crippen molar-refractivity contribution in [1.82, 2.24) is 9.55 Å². The molecule has 1 fully saturated rings. The molecule has 0 aromatic carbocycles. The molecule has 1 aliphatic rings. The number of carbonyl (C=O) groups excluding carboxylic acids is 2. The first-order chi connectivity index (χ1) is 15.2. The number of aromatic nitrogens is 2. The van der Waals surface area contributed by atoms with E-state index in [9.17, 15) is 29.4 Å². The molecule has 2 heterocycles. The monoisotopic (exact) mass is 467 g/mol. The number of hydrogen-bond acceptors (Lipinski definition) is 11. The third kappa shape index (κ3) is 11.3. The number of rotatable bonds is 5. The van der Waals surface area contributed by atoms with Crippen LogP contribution in [-0.4, -0.2) is 75.1 Å². The lowest BCUT2D eigenvalue weighted by molar-refractivity contribution is -0.362. The van der Waals surface area contributed by atoms with Crippen molar-refractivity contribution < 1.29 is 39.5 Å². The average Bonchev–Trinajstić information content (AvgIpc) is 3.29. The van der Waals surface area contributed by atoms with E-state index in [4.69, 9.17) is 20.7 Å². The van der Waals surface area contributed by atoms with Crippen molar-refractivity contribution in [3.8, 4) is 0 Å². The van der Waals surface area contributed by atoms with E-state index < -0.39 is 42.1 Å². The Morgan fingerprint density at radius 3 is 2.19 bits per heavy atom. The van der Waals surface area contributed by atoms with Crippen LogP contribution in [0.15, 0.2) is 15.8 Å². The highest BCUT2D eigenvalue weighted by molar-refractivity contribution is 5.73. The molecule has 2 unspecified atom stereocenters. The Morgan fingerprint density at radius 2 is 1.75 bits per heavy atom. The summed E-state index contributed by atoms with van der Waals surface area (Å²) in [4.78, 5) is 46.8. The maximum atomic E-state index is 11.8. The van der Waals surface area contributed by atoms with Crippen molar-refractivity contribution in [2.75, 3.05) is 20.8 Å². The summed E-state index contributed by atoms with van der Waals surface area (Å²) < 4.78 is 10.6. The van der Waals surface area contributed by atoms with Crippen molar-refractivity contribution in [2.24, 2.45) is 5.73 Å². The Morgan fingerprint density at radius 1 is 1.25 bits per heavy atom. The van der Waals surface area contributed by atoms with Gasteiger partial charge < -0.3 is 35.6 Å². The van der Waals surface area contributed by atoms with Crippen LogP contribution in [0, 0.1) is 0 Å². The minimum absolute atomic E-state index is 0.0392. The first kappa shape index (κ1) is 34.2. The number of aldehydes is 1. The predicted octanol–water partition coefficient (Wildman–Crippen LogP) is -1.17. The fourth-order valence-electron chi connectivity index (χ4n) is 2.17. The highest BCUT2D eigenvalue weighted by Gasteiger charge is 2.45. The number of ether oxygens (including phenoxy) is 2. The quantitative estimate of drug-likeness (QED) is 0.172. The Bertz CT molecular complexity index is 746. The van der Waals surface area contributed by atoms with Gasteiger partial charge in [-0.3, -0.25) is 23.9 Å². The van der Waals surface area contributed by atoms with E-state index in [1.54, 1.807) is 0 Å². The van der Waals surface area contributed by atoms with Gasteiger partial charge in [-0.15, -0.1) is 0 Å². The van der Waals surface area contributed by atoms with Gasteiger partial charge in [-0.25, -0.2) is 4.79 Å². The van der Waals surface area contributed by atoms with Crippen LogP contribution in [0.2, 0.25) is 0 Å². The topological polar surface area (TPSA) is 214 Å². The van der Waals surface area contributed by atoms with Gasteiger partial charge in [0.2, 0.25) is 0 Å². The van der Waals surface area contributed by atoms with Crippen LogP contribution in [-0.2, 0) is 14.3 Å². The van der Waals surface area contributed by atoms with Crippen LogP contribution in [0.5, 0.6) is 0 Å². The fraction of sp³-hybridized carbons (Fsp3) is 0.684. The van der Waals surface area contributed by atoms with Gasteiger partial charge in [0.1, 0.15) is 6.23 Å². The molecule has 1 aromatic heterocycles.